The molecule has 0 bridgehead atoms. The fourth-order valence-electron chi connectivity index (χ4n) is 2.47. The second-order valence-electron chi connectivity index (χ2n) is 5.80. The van der Waals surface area contributed by atoms with Crippen molar-refractivity contribution in [3.05, 3.63) is 52.5 Å². The summed E-state index contributed by atoms with van der Waals surface area (Å²) in [7, 11) is 1.53. The third-order valence-electron chi connectivity index (χ3n) is 3.87. The molecule has 7 nitrogen and oxygen atoms in total. The minimum atomic E-state index is -0.195. The smallest absolute Gasteiger partial charge is 0.234 e. The van der Waals surface area contributed by atoms with E-state index in [9.17, 15) is 4.79 Å². The number of amides is 1. The van der Waals surface area contributed by atoms with Crippen LogP contribution in [0.15, 0.2) is 41.6 Å². The Kier molecular flexibility index (Phi) is 5.98. The highest BCUT2D eigenvalue weighted by Crippen LogP contribution is 2.31. The van der Waals surface area contributed by atoms with E-state index in [2.05, 4.69) is 20.8 Å². The molecule has 0 atom stereocenters. The number of methoxy groups -OCH3 is 1. The summed E-state index contributed by atoms with van der Waals surface area (Å²) in [5, 5.41) is 15.7. The monoisotopic (exact) mass is 403 g/mol. The van der Waals surface area contributed by atoms with Gasteiger partial charge in [-0.1, -0.05) is 41.6 Å². The van der Waals surface area contributed by atoms with E-state index in [4.69, 9.17) is 16.3 Å². The molecule has 1 aromatic heterocycles. The minimum Gasteiger partial charge on any atom is -0.495 e. The van der Waals surface area contributed by atoms with Gasteiger partial charge in [-0.15, -0.1) is 5.10 Å². The molecule has 0 saturated heterocycles. The topological polar surface area (TPSA) is 81.9 Å². The maximum Gasteiger partial charge on any atom is 0.234 e. The second kappa shape index (κ2) is 8.41. The van der Waals surface area contributed by atoms with Gasteiger partial charge in [0.25, 0.3) is 0 Å². The first-order valence-electron chi connectivity index (χ1n) is 8.10. The van der Waals surface area contributed by atoms with Crippen molar-refractivity contribution < 1.29 is 9.53 Å². The number of para-hydroxylation sites is 1. The van der Waals surface area contributed by atoms with Crippen LogP contribution in [0.4, 0.5) is 5.69 Å². The first kappa shape index (κ1) is 19.2. The van der Waals surface area contributed by atoms with Crippen LogP contribution in [-0.2, 0) is 4.79 Å². The molecule has 0 aliphatic rings. The van der Waals surface area contributed by atoms with Crippen molar-refractivity contribution in [3.63, 3.8) is 0 Å². The molecule has 140 valence electrons. The Morgan fingerprint density at radius 3 is 2.78 bits per heavy atom. The molecule has 0 radical (unpaired) electrons. The quantitative estimate of drug-likeness (QED) is 0.632. The zero-order chi connectivity index (χ0) is 19.4. The number of halogens is 1. The number of aryl methyl sites for hydroxylation is 2. The number of hydrogen-bond donors (Lipinski definition) is 1. The number of ether oxygens (including phenoxy) is 1. The van der Waals surface area contributed by atoms with E-state index in [0.29, 0.717) is 21.6 Å². The van der Waals surface area contributed by atoms with Crippen LogP contribution < -0.4 is 10.1 Å². The van der Waals surface area contributed by atoms with Crippen LogP contribution in [0, 0.1) is 13.8 Å². The predicted octanol–water partition coefficient (Wildman–Crippen LogP) is 3.67. The zero-order valence-corrected chi connectivity index (χ0v) is 16.6. The van der Waals surface area contributed by atoms with Gasteiger partial charge in [-0.2, -0.15) is 4.68 Å². The number of tetrazole rings is 1. The Morgan fingerprint density at radius 2 is 2.04 bits per heavy atom. The Balaban J connectivity index is 1.70. The molecule has 27 heavy (non-hydrogen) atoms. The maximum atomic E-state index is 12.4. The van der Waals surface area contributed by atoms with Crippen molar-refractivity contribution in [1.82, 2.24) is 20.2 Å². The van der Waals surface area contributed by atoms with Crippen LogP contribution >= 0.6 is 23.4 Å². The number of anilines is 1. The lowest BCUT2D eigenvalue weighted by molar-refractivity contribution is -0.113. The van der Waals surface area contributed by atoms with Gasteiger partial charge in [0, 0.05) is 11.1 Å². The molecule has 0 unspecified atom stereocenters. The van der Waals surface area contributed by atoms with E-state index < -0.39 is 0 Å². The lowest BCUT2D eigenvalue weighted by Gasteiger charge is -2.12. The summed E-state index contributed by atoms with van der Waals surface area (Å²) in [4.78, 5) is 12.4. The highest BCUT2D eigenvalue weighted by Gasteiger charge is 2.15. The number of rotatable bonds is 6. The van der Waals surface area contributed by atoms with Gasteiger partial charge in [-0.25, -0.2) is 0 Å². The highest BCUT2D eigenvalue weighted by atomic mass is 35.5. The Labute approximate surface area is 166 Å². The van der Waals surface area contributed by atoms with Crippen LogP contribution in [-0.4, -0.2) is 39.0 Å². The lowest BCUT2D eigenvalue weighted by Crippen LogP contribution is -2.15. The third kappa shape index (κ3) is 4.40. The van der Waals surface area contributed by atoms with E-state index in [0.717, 1.165) is 16.8 Å². The number of thioether (sulfide) groups is 1. The van der Waals surface area contributed by atoms with Crippen molar-refractivity contribution >= 4 is 35.0 Å². The summed E-state index contributed by atoms with van der Waals surface area (Å²) in [5.41, 5.74) is 3.34. The zero-order valence-electron chi connectivity index (χ0n) is 15.1. The summed E-state index contributed by atoms with van der Waals surface area (Å²) in [6, 6.07) is 11.2. The van der Waals surface area contributed by atoms with Crippen LogP contribution in [0.1, 0.15) is 11.1 Å². The number of carbonyl (C=O) groups excluding carboxylic acids is 1. The lowest BCUT2D eigenvalue weighted by atomic mass is 10.2. The number of aromatic nitrogens is 4. The van der Waals surface area contributed by atoms with Crippen molar-refractivity contribution in [2.45, 2.75) is 19.0 Å². The molecule has 0 spiro atoms. The standard InChI is InChI=1S/C18H18ClN5O2S/c1-11-6-4-5-7-15(11)24-18(21-22-23-24)27-10-17(25)20-14-8-12(2)13(19)9-16(14)26-3/h4-9H,10H2,1-3H3,(H,20,25). The molecule has 1 N–H and O–H groups in total. The number of benzene rings is 2. The molecule has 3 aromatic rings. The molecular weight excluding hydrogens is 386 g/mol. The van der Waals surface area contributed by atoms with Gasteiger partial charge >= 0.3 is 0 Å². The molecule has 1 heterocycles. The molecule has 0 fully saturated rings. The van der Waals surface area contributed by atoms with Crippen LogP contribution in [0.2, 0.25) is 5.02 Å². The second-order valence-corrected chi connectivity index (χ2v) is 7.15. The SMILES string of the molecule is COc1cc(Cl)c(C)cc1NC(=O)CSc1nnnn1-c1ccccc1C. The maximum absolute atomic E-state index is 12.4. The third-order valence-corrected chi connectivity index (χ3v) is 5.20. The number of nitrogens with zero attached hydrogens (tertiary/aromatic N) is 4. The summed E-state index contributed by atoms with van der Waals surface area (Å²) in [6.45, 7) is 3.84. The van der Waals surface area contributed by atoms with Crippen molar-refractivity contribution in [2.24, 2.45) is 0 Å². The molecular formula is C18H18ClN5O2S. The van der Waals surface area contributed by atoms with Gasteiger partial charge in [-0.05, 0) is 47.5 Å². The van der Waals surface area contributed by atoms with Gasteiger partial charge in [0.15, 0.2) is 0 Å². The normalized spacial score (nSPS) is 10.7. The van der Waals surface area contributed by atoms with Crippen molar-refractivity contribution in [1.29, 1.82) is 0 Å². The van der Waals surface area contributed by atoms with E-state index in [1.54, 1.807) is 16.8 Å². The van der Waals surface area contributed by atoms with Gasteiger partial charge < -0.3 is 10.1 Å². The molecule has 2 aromatic carbocycles. The van der Waals surface area contributed by atoms with Gasteiger partial charge in [-0.3, -0.25) is 4.79 Å². The number of carbonyl (C=O) groups is 1. The van der Waals surface area contributed by atoms with Gasteiger partial charge in [0.1, 0.15) is 5.75 Å². The molecule has 1 amide bonds. The van der Waals surface area contributed by atoms with Gasteiger partial charge in [0.2, 0.25) is 11.1 Å². The Hall–Kier alpha value is -2.58. The van der Waals surface area contributed by atoms with Crippen molar-refractivity contribution in [3.8, 4) is 11.4 Å². The molecule has 9 heteroatoms. The van der Waals surface area contributed by atoms with Crippen LogP contribution in [0.3, 0.4) is 0 Å². The van der Waals surface area contributed by atoms with E-state index in [1.165, 1.54) is 18.9 Å². The van der Waals surface area contributed by atoms with Crippen molar-refractivity contribution in [2.75, 3.05) is 18.2 Å². The van der Waals surface area contributed by atoms with Crippen LogP contribution in [0.5, 0.6) is 5.75 Å². The van der Waals surface area contributed by atoms with E-state index in [1.807, 2.05) is 38.1 Å². The first-order chi connectivity index (χ1) is 13.0. The molecule has 0 aliphatic heterocycles. The first-order valence-corrected chi connectivity index (χ1v) is 9.47. The summed E-state index contributed by atoms with van der Waals surface area (Å²) < 4.78 is 6.91. The summed E-state index contributed by atoms with van der Waals surface area (Å²) >= 11 is 7.35. The summed E-state index contributed by atoms with van der Waals surface area (Å²) in [5.74, 6) is 0.463. The largest absolute Gasteiger partial charge is 0.495 e. The number of hydrogen-bond acceptors (Lipinski definition) is 6. The average Bonchev–Trinajstić information content (AvgIpc) is 3.11. The predicted molar refractivity (Wildman–Crippen MR) is 106 cm³/mol. The van der Waals surface area contributed by atoms with Crippen LogP contribution in [0.25, 0.3) is 5.69 Å². The number of nitrogens with one attached hydrogen (secondary N) is 1. The fraction of sp³-hybridized carbons (Fsp3) is 0.222. The molecule has 3 rings (SSSR count). The molecule has 0 saturated carbocycles. The van der Waals surface area contributed by atoms with Gasteiger partial charge in [0.05, 0.1) is 24.2 Å². The summed E-state index contributed by atoms with van der Waals surface area (Å²) in [6.07, 6.45) is 0. The average molecular weight is 404 g/mol. The van der Waals surface area contributed by atoms with E-state index in [-0.39, 0.29) is 11.7 Å². The molecule has 0 aliphatic carbocycles. The Bertz CT molecular complexity index is 976. The highest BCUT2D eigenvalue weighted by molar-refractivity contribution is 7.99. The van der Waals surface area contributed by atoms with E-state index >= 15 is 0 Å². The minimum absolute atomic E-state index is 0.150. The Morgan fingerprint density at radius 1 is 1.26 bits per heavy atom. The fourth-order valence-corrected chi connectivity index (χ4v) is 3.30.